The second-order valence-corrected chi connectivity index (χ2v) is 7.31. The van der Waals surface area contributed by atoms with Gasteiger partial charge in [-0.15, -0.1) is 11.3 Å². The molecule has 0 amide bonds. The summed E-state index contributed by atoms with van der Waals surface area (Å²) in [6, 6.07) is 8.24. The molecule has 0 fully saturated rings. The summed E-state index contributed by atoms with van der Waals surface area (Å²) >= 11 is 1.68. The minimum Gasteiger partial charge on any atom is -0.357 e. The van der Waals surface area contributed by atoms with E-state index in [1.165, 1.54) is 0 Å². The van der Waals surface area contributed by atoms with Gasteiger partial charge in [0.1, 0.15) is 5.82 Å². The van der Waals surface area contributed by atoms with Crippen LogP contribution in [0.4, 0.5) is 0 Å². The van der Waals surface area contributed by atoms with Crippen molar-refractivity contribution in [3.63, 3.8) is 0 Å². The molecular formula is C19H26N6S. The fraction of sp³-hybridized carbons (Fsp3) is 0.421. The van der Waals surface area contributed by atoms with E-state index in [0.717, 1.165) is 53.2 Å². The van der Waals surface area contributed by atoms with Gasteiger partial charge in [0.25, 0.3) is 0 Å². The maximum absolute atomic E-state index is 4.80. The lowest BCUT2D eigenvalue weighted by Crippen LogP contribution is -2.38. The van der Waals surface area contributed by atoms with E-state index in [9.17, 15) is 0 Å². The van der Waals surface area contributed by atoms with E-state index in [-0.39, 0.29) is 0 Å². The zero-order chi connectivity index (χ0) is 18.5. The SMILES string of the molecule is CCNC(=NCCn1c(C)nc2ccccc21)N(C)Cc1csc(C)n1. The van der Waals surface area contributed by atoms with Gasteiger partial charge in [0.2, 0.25) is 0 Å². The number of hydrogen-bond acceptors (Lipinski definition) is 4. The minimum atomic E-state index is 0.698. The van der Waals surface area contributed by atoms with Crippen molar-refractivity contribution in [3.05, 3.63) is 46.2 Å². The van der Waals surface area contributed by atoms with Crippen LogP contribution < -0.4 is 5.32 Å². The number of benzene rings is 1. The Morgan fingerprint density at radius 3 is 2.81 bits per heavy atom. The molecule has 3 rings (SSSR count). The predicted molar refractivity (Wildman–Crippen MR) is 109 cm³/mol. The van der Waals surface area contributed by atoms with E-state index < -0.39 is 0 Å². The summed E-state index contributed by atoms with van der Waals surface area (Å²) < 4.78 is 2.23. The van der Waals surface area contributed by atoms with Gasteiger partial charge in [-0.25, -0.2) is 9.97 Å². The number of aliphatic imine (C=N–C) groups is 1. The average molecular weight is 371 g/mol. The van der Waals surface area contributed by atoms with Gasteiger partial charge in [-0.1, -0.05) is 12.1 Å². The Labute approximate surface area is 158 Å². The van der Waals surface area contributed by atoms with Crippen LogP contribution in [-0.4, -0.2) is 45.5 Å². The van der Waals surface area contributed by atoms with Crippen molar-refractivity contribution >= 4 is 28.3 Å². The number of hydrogen-bond donors (Lipinski definition) is 1. The van der Waals surface area contributed by atoms with Crippen LogP contribution in [0.3, 0.4) is 0 Å². The fourth-order valence-corrected chi connectivity index (χ4v) is 3.61. The summed E-state index contributed by atoms with van der Waals surface area (Å²) in [4.78, 5) is 16.1. The van der Waals surface area contributed by atoms with E-state index in [4.69, 9.17) is 4.99 Å². The monoisotopic (exact) mass is 370 g/mol. The first-order valence-corrected chi connectivity index (χ1v) is 9.78. The normalized spacial score (nSPS) is 11.9. The molecule has 0 aliphatic heterocycles. The number of fused-ring (bicyclic) bond motifs is 1. The number of para-hydroxylation sites is 2. The van der Waals surface area contributed by atoms with Crippen LogP contribution >= 0.6 is 11.3 Å². The van der Waals surface area contributed by atoms with Gasteiger partial charge in [-0.3, -0.25) is 4.99 Å². The maximum Gasteiger partial charge on any atom is 0.194 e. The number of nitrogens with one attached hydrogen (secondary N) is 1. The van der Waals surface area contributed by atoms with Crippen LogP contribution in [-0.2, 0) is 13.1 Å². The second-order valence-electron chi connectivity index (χ2n) is 6.25. The molecule has 0 atom stereocenters. The molecule has 138 valence electrons. The van der Waals surface area contributed by atoms with Crippen molar-refractivity contribution in [1.29, 1.82) is 0 Å². The van der Waals surface area contributed by atoms with Crippen molar-refractivity contribution in [3.8, 4) is 0 Å². The fourth-order valence-electron chi connectivity index (χ4n) is 3.00. The lowest BCUT2D eigenvalue weighted by molar-refractivity contribution is 0.470. The summed E-state index contributed by atoms with van der Waals surface area (Å²) in [5.74, 6) is 1.93. The molecule has 0 radical (unpaired) electrons. The van der Waals surface area contributed by atoms with Gasteiger partial charge < -0.3 is 14.8 Å². The third kappa shape index (κ3) is 4.22. The third-order valence-electron chi connectivity index (χ3n) is 4.19. The standard InChI is InChI=1S/C19H26N6S/c1-5-20-19(24(4)12-16-13-26-15(3)23-16)21-10-11-25-14(2)22-17-8-6-7-9-18(17)25/h6-9,13H,5,10-12H2,1-4H3,(H,20,21). The molecule has 2 heterocycles. The Morgan fingerprint density at radius 2 is 2.08 bits per heavy atom. The van der Waals surface area contributed by atoms with Crippen molar-refractivity contribution in [2.45, 2.75) is 33.9 Å². The first-order chi connectivity index (χ1) is 12.6. The maximum atomic E-state index is 4.80. The van der Waals surface area contributed by atoms with Crippen LogP contribution in [0.1, 0.15) is 23.4 Å². The van der Waals surface area contributed by atoms with Crippen LogP contribution in [0, 0.1) is 13.8 Å². The predicted octanol–water partition coefficient (Wildman–Crippen LogP) is 3.21. The highest BCUT2D eigenvalue weighted by Gasteiger charge is 2.09. The molecule has 3 aromatic rings. The molecule has 0 unspecified atom stereocenters. The molecule has 2 aromatic heterocycles. The van der Waals surface area contributed by atoms with Crippen molar-refractivity contribution in [2.24, 2.45) is 4.99 Å². The smallest absolute Gasteiger partial charge is 0.194 e. The number of rotatable bonds is 6. The topological polar surface area (TPSA) is 58.3 Å². The van der Waals surface area contributed by atoms with E-state index >= 15 is 0 Å². The van der Waals surface area contributed by atoms with Crippen molar-refractivity contribution in [1.82, 2.24) is 24.8 Å². The van der Waals surface area contributed by atoms with Crippen LogP contribution in [0.15, 0.2) is 34.6 Å². The first-order valence-electron chi connectivity index (χ1n) is 8.90. The number of nitrogens with zero attached hydrogens (tertiary/aromatic N) is 5. The van der Waals surface area contributed by atoms with E-state index in [2.05, 4.69) is 55.3 Å². The Balaban J connectivity index is 1.69. The molecule has 0 saturated carbocycles. The molecule has 1 aromatic carbocycles. The zero-order valence-electron chi connectivity index (χ0n) is 15.9. The van der Waals surface area contributed by atoms with Gasteiger partial charge in [0.15, 0.2) is 5.96 Å². The lowest BCUT2D eigenvalue weighted by Gasteiger charge is -2.21. The number of thiazole rings is 1. The zero-order valence-corrected chi connectivity index (χ0v) is 16.7. The number of guanidine groups is 1. The molecule has 1 N–H and O–H groups in total. The Morgan fingerprint density at radius 1 is 1.27 bits per heavy atom. The highest BCUT2D eigenvalue weighted by molar-refractivity contribution is 7.09. The molecule has 7 heteroatoms. The molecular weight excluding hydrogens is 344 g/mol. The summed E-state index contributed by atoms with van der Waals surface area (Å²) in [6.45, 7) is 9.27. The van der Waals surface area contributed by atoms with Crippen LogP contribution in [0.25, 0.3) is 11.0 Å². The number of aromatic nitrogens is 3. The number of imidazole rings is 1. The van der Waals surface area contributed by atoms with E-state index in [0.29, 0.717) is 6.54 Å². The van der Waals surface area contributed by atoms with Gasteiger partial charge in [-0.2, -0.15) is 0 Å². The van der Waals surface area contributed by atoms with Crippen LogP contribution in [0.2, 0.25) is 0 Å². The molecule has 0 bridgehead atoms. The van der Waals surface area contributed by atoms with Gasteiger partial charge in [-0.05, 0) is 32.9 Å². The largest absolute Gasteiger partial charge is 0.357 e. The van der Waals surface area contributed by atoms with E-state index in [1.54, 1.807) is 11.3 Å². The highest BCUT2D eigenvalue weighted by atomic mass is 32.1. The molecule has 6 nitrogen and oxygen atoms in total. The summed E-state index contributed by atoms with van der Waals surface area (Å²) in [5.41, 5.74) is 3.28. The third-order valence-corrected chi connectivity index (χ3v) is 5.02. The second kappa shape index (κ2) is 8.31. The highest BCUT2D eigenvalue weighted by Crippen LogP contribution is 2.15. The molecule has 0 saturated heterocycles. The molecule has 0 aliphatic carbocycles. The van der Waals surface area contributed by atoms with Gasteiger partial charge >= 0.3 is 0 Å². The average Bonchev–Trinajstić information content (AvgIpc) is 3.16. The summed E-state index contributed by atoms with van der Waals surface area (Å²) in [5, 5.41) is 6.57. The van der Waals surface area contributed by atoms with Gasteiger partial charge in [0.05, 0.1) is 34.8 Å². The van der Waals surface area contributed by atoms with Crippen LogP contribution in [0.5, 0.6) is 0 Å². The summed E-state index contributed by atoms with van der Waals surface area (Å²) in [6.07, 6.45) is 0. The Hall–Kier alpha value is -2.41. The lowest BCUT2D eigenvalue weighted by atomic mass is 10.3. The molecule has 0 aliphatic rings. The van der Waals surface area contributed by atoms with Crippen molar-refractivity contribution < 1.29 is 0 Å². The van der Waals surface area contributed by atoms with Gasteiger partial charge in [0, 0.05) is 25.5 Å². The minimum absolute atomic E-state index is 0.698. The first kappa shape index (κ1) is 18.4. The number of aryl methyl sites for hydroxylation is 2. The Kier molecular flexibility index (Phi) is 5.88. The molecule has 0 spiro atoms. The van der Waals surface area contributed by atoms with Crippen molar-refractivity contribution in [2.75, 3.05) is 20.1 Å². The summed E-state index contributed by atoms with van der Waals surface area (Å²) in [7, 11) is 2.05. The quantitative estimate of drug-likeness (QED) is 0.535. The molecule has 26 heavy (non-hydrogen) atoms. The van der Waals surface area contributed by atoms with E-state index in [1.807, 2.05) is 27.0 Å². The Bertz CT molecular complexity index is 894.